The lowest BCUT2D eigenvalue weighted by atomic mass is 10.1. The summed E-state index contributed by atoms with van der Waals surface area (Å²) in [4.78, 5) is 31.9. The van der Waals surface area contributed by atoms with Gasteiger partial charge in [-0.15, -0.1) is 0 Å². The molecule has 11 heteroatoms. The summed E-state index contributed by atoms with van der Waals surface area (Å²) in [6.07, 6.45) is 2.70. The van der Waals surface area contributed by atoms with E-state index in [-0.39, 0.29) is 18.6 Å². The molecule has 2 saturated heterocycles. The minimum atomic E-state index is -0.637. The standard InChI is InChI=1S/C30H37Cl2N5O4/c1-19(24-10-8-21(31)14-25(24)32)37-27-15-22(9-7-20(27)16-33-37)34-12-13-35(23(17-34)18-38)28(39)26-6-5-11-36(26)29(40)41-30(2,3)4/h7-10,14-16,19,23,26,38H,5-6,11-13,17-18H2,1-4H3/t19-,23+,26?/m1/s1. The summed E-state index contributed by atoms with van der Waals surface area (Å²) in [6.45, 7) is 9.32. The lowest BCUT2D eigenvalue weighted by Gasteiger charge is -2.43. The number of amides is 2. The van der Waals surface area contributed by atoms with Crippen molar-refractivity contribution in [3.05, 3.63) is 58.2 Å². The Morgan fingerprint density at radius 3 is 2.59 bits per heavy atom. The summed E-state index contributed by atoms with van der Waals surface area (Å²) in [5, 5.41) is 17.1. The largest absolute Gasteiger partial charge is 0.444 e. The zero-order valence-corrected chi connectivity index (χ0v) is 25.4. The second kappa shape index (κ2) is 11.7. The monoisotopic (exact) mass is 601 g/mol. The number of piperazine rings is 1. The number of aromatic nitrogens is 2. The molecule has 1 aromatic heterocycles. The van der Waals surface area contributed by atoms with Gasteiger partial charge in [-0.2, -0.15) is 5.10 Å². The molecule has 2 amide bonds. The fourth-order valence-electron chi connectivity index (χ4n) is 5.79. The first-order valence-corrected chi connectivity index (χ1v) is 14.8. The first-order chi connectivity index (χ1) is 19.5. The van der Waals surface area contributed by atoms with Crippen molar-refractivity contribution in [1.82, 2.24) is 19.6 Å². The van der Waals surface area contributed by atoms with Gasteiger partial charge in [0.15, 0.2) is 0 Å². The van der Waals surface area contributed by atoms with Crippen LogP contribution in [-0.4, -0.2) is 87.2 Å². The van der Waals surface area contributed by atoms with Gasteiger partial charge in [-0.25, -0.2) is 4.79 Å². The second-order valence-corrected chi connectivity index (χ2v) is 12.7. The number of benzene rings is 2. The molecule has 2 fully saturated rings. The van der Waals surface area contributed by atoms with Gasteiger partial charge in [0.25, 0.3) is 0 Å². The number of likely N-dealkylation sites (tertiary alicyclic amines) is 1. The van der Waals surface area contributed by atoms with Crippen LogP contribution in [0.5, 0.6) is 0 Å². The van der Waals surface area contributed by atoms with E-state index in [1.807, 2.05) is 62.8 Å². The van der Waals surface area contributed by atoms with Crippen LogP contribution in [0, 0.1) is 0 Å². The molecule has 1 unspecified atom stereocenters. The van der Waals surface area contributed by atoms with Crippen LogP contribution in [-0.2, 0) is 9.53 Å². The average molecular weight is 603 g/mol. The predicted molar refractivity (Wildman–Crippen MR) is 161 cm³/mol. The van der Waals surface area contributed by atoms with E-state index in [9.17, 15) is 14.7 Å². The number of rotatable bonds is 5. The van der Waals surface area contributed by atoms with Crippen molar-refractivity contribution >= 4 is 51.8 Å². The van der Waals surface area contributed by atoms with E-state index in [2.05, 4.69) is 16.1 Å². The normalized spacial score (nSPS) is 20.5. The van der Waals surface area contributed by atoms with Crippen LogP contribution in [0.3, 0.4) is 0 Å². The maximum Gasteiger partial charge on any atom is 0.410 e. The summed E-state index contributed by atoms with van der Waals surface area (Å²) in [7, 11) is 0. The molecule has 0 bridgehead atoms. The van der Waals surface area contributed by atoms with Crippen LogP contribution in [0.15, 0.2) is 42.6 Å². The topological polar surface area (TPSA) is 91.1 Å². The van der Waals surface area contributed by atoms with Crippen LogP contribution >= 0.6 is 23.2 Å². The van der Waals surface area contributed by atoms with Crippen molar-refractivity contribution in [2.75, 3.05) is 37.7 Å². The maximum absolute atomic E-state index is 13.7. The fraction of sp³-hybridized carbons (Fsp3) is 0.500. The molecule has 9 nitrogen and oxygen atoms in total. The highest BCUT2D eigenvalue weighted by atomic mass is 35.5. The molecule has 0 saturated carbocycles. The molecule has 0 radical (unpaired) electrons. The average Bonchev–Trinajstić information content (AvgIpc) is 3.58. The van der Waals surface area contributed by atoms with Crippen molar-refractivity contribution in [3.8, 4) is 0 Å². The van der Waals surface area contributed by atoms with Gasteiger partial charge in [-0.3, -0.25) is 14.4 Å². The van der Waals surface area contributed by atoms with E-state index >= 15 is 0 Å². The van der Waals surface area contributed by atoms with Gasteiger partial charge in [-0.05, 0) is 76.4 Å². The number of halogens is 2. The summed E-state index contributed by atoms with van der Waals surface area (Å²) in [5.74, 6) is -0.130. The third-order valence-corrected chi connectivity index (χ3v) is 8.43. The van der Waals surface area contributed by atoms with E-state index in [0.717, 1.165) is 28.6 Å². The third kappa shape index (κ3) is 6.12. The molecule has 0 aliphatic carbocycles. The van der Waals surface area contributed by atoms with Gasteiger partial charge in [0.2, 0.25) is 5.91 Å². The molecule has 220 valence electrons. The van der Waals surface area contributed by atoms with Gasteiger partial charge in [0, 0.05) is 47.3 Å². The van der Waals surface area contributed by atoms with Crippen molar-refractivity contribution < 1.29 is 19.4 Å². The molecule has 2 aliphatic heterocycles. The van der Waals surface area contributed by atoms with Gasteiger partial charge in [0.05, 0.1) is 30.4 Å². The van der Waals surface area contributed by atoms with Crippen LogP contribution in [0.25, 0.3) is 10.9 Å². The van der Waals surface area contributed by atoms with E-state index < -0.39 is 23.8 Å². The quantitative estimate of drug-likeness (QED) is 0.423. The number of fused-ring (bicyclic) bond motifs is 1. The van der Waals surface area contributed by atoms with Gasteiger partial charge >= 0.3 is 6.09 Å². The Morgan fingerprint density at radius 2 is 1.88 bits per heavy atom. The first-order valence-electron chi connectivity index (χ1n) is 14.0. The molecule has 0 spiro atoms. The lowest BCUT2D eigenvalue weighted by Crippen LogP contribution is -2.60. The number of ether oxygens (including phenoxy) is 1. The number of aliphatic hydroxyl groups excluding tert-OH is 1. The Morgan fingerprint density at radius 1 is 1.10 bits per heavy atom. The molecule has 2 aromatic carbocycles. The minimum Gasteiger partial charge on any atom is -0.444 e. The number of carbonyl (C=O) groups is 2. The van der Waals surface area contributed by atoms with Gasteiger partial charge in [0.1, 0.15) is 11.6 Å². The predicted octanol–water partition coefficient (Wildman–Crippen LogP) is 5.36. The molecular formula is C30H37Cl2N5O4. The molecule has 41 heavy (non-hydrogen) atoms. The van der Waals surface area contributed by atoms with E-state index in [4.69, 9.17) is 27.9 Å². The molecule has 3 heterocycles. The highest BCUT2D eigenvalue weighted by Gasteiger charge is 2.41. The Hall–Kier alpha value is -3.01. The summed E-state index contributed by atoms with van der Waals surface area (Å²) in [5.41, 5.74) is 2.22. The SMILES string of the molecule is C[C@H](c1ccc(Cl)cc1Cl)n1ncc2ccc(N3CCN(C(=O)C4CCCN4C(=O)OC(C)(C)C)[C@H](CO)C3)cc21. The van der Waals surface area contributed by atoms with Crippen molar-refractivity contribution in [3.63, 3.8) is 0 Å². The zero-order valence-electron chi connectivity index (χ0n) is 23.9. The van der Waals surface area contributed by atoms with E-state index in [1.54, 1.807) is 11.0 Å². The molecule has 2 aliphatic rings. The van der Waals surface area contributed by atoms with Crippen LogP contribution < -0.4 is 4.90 Å². The van der Waals surface area contributed by atoms with Crippen molar-refractivity contribution in [2.24, 2.45) is 0 Å². The second-order valence-electron chi connectivity index (χ2n) is 11.8. The van der Waals surface area contributed by atoms with Crippen LogP contribution in [0.2, 0.25) is 10.0 Å². The Bertz CT molecular complexity index is 1440. The van der Waals surface area contributed by atoms with E-state index in [0.29, 0.717) is 42.6 Å². The fourth-order valence-corrected chi connectivity index (χ4v) is 6.36. The molecular weight excluding hydrogens is 565 g/mol. The van der Waals surface area contributed by atoms with Crippen molar-refractivity contribution in [2.45, 2.75) is 64.3 Å². The highest BCUT2D eigenvalue weighted by Crippen LogP contribution is 2.32. The Balaban J connectivity index is 1.33. The number of anilines is 1. The third-order valence-electron chi connectivity index (χ3n) is 7.87. The molecule has 1 N–H and O–H groups in total. The Kier molecular flexibility index (Phi) is 8.41. The lowest BCUT2D eigenvalue weighted by molar-refractivity contribution is -0.139. The zero-order chi connectivity index (χ0) is 29.5. The minimum absolute atomic E-state index is 0.119. The molecule has 5 rings (SSSR count). The summed E-state index contributed by atoms with van der Waals surface area (Å²) in [6, 6.07) is 10.6. The number of hydrogen-bond acceptors (Lipinski definition) is 6. The maximum atomic E-state index is 13.7. The number of hydrogen-bond donors (Lipinski definition) is 1. The molecule has 3 atom stereocenters. The summed E-state index contributed by atoms with van der Waals surface area (Å²) >= 11 is 12.6. The molecule has 3 aromatic rings. The van der Waals surface area contributed by atoms with Gasteiger partial charge < -0.3 is 19.6 Å². The number of carbonyl (C=O) groups excluding carboxylic acids is 2. The number of nitrogens with zero attached hydrogens (tertiary/aromatic N) is 5. The van der Waals surface area contributed by atoms with Crippen molar-refractivity contribution in [1.29, 1.82) is 0 Å². The van der Waals surface area contributed by atoms with Crippen LogP contribution in [0.1, 0.15) is 52.1 Å². The van der Waals surface area contributed by atoms with Gasteiger partial charge in [-0.1, -0.05) is 29.3 Å². The number of aliphatic hydroxyl groups is 1. The van der Waals surface area contributed by atoms with E-state index in [1.165, 1.54) is 4.90 Å². The summed E-state index contributed by atoms with van der Waals surface area (Å²) < 4.78 is 7.50. The van der Waals surface area contributed by atoms with Crippen LogP contribution in [0.4, 0.5) is 10.5 Å². The highest BCUT2D eigenvalue weighted by molar-refractivity contribution is 6.35. The smallest absolute Gasteiger partial charge is 0.410 e. The Labute approximate surface area is 250 Å². The first kappa shape index (κ1) is 29.5.